The molecule has 0 aliphatic heterocycles. The topological polar surface area (TPSA) is 86.3 Å². The van der Waals surface area contributed by atoms with E-state index in [0.717, 1.165) is 23.7 Å². The first-order chi connectivity index (χ1) is 15.5. The number of nitrogens with zero attached hydrogens (tertiary/aromatic N) is 2. The van der Waals surface area contributed by atoms with Crippen LogP contribution in [0, 0.1) is 5.92 Å². The number of nitrogens with one attached hydrogen (secondary N) is 1. The standard InChI is InChI=1S/C25H31N3O4/c1-4-30-25(29)19-12-22-24(26-14-19)28-23(27-22)18-10-20(13-21(11-18)32-16(2)3)31-15-17-8-6-5-7-9-17/h10-14,16-17H,4-9,15H2,1-3H3,(H,26,27,28). The highest BCUT2D eigenvalue weighted by molar-refractivity contribution is 5.92. The van der Waals surface area contributed by atoms with Gasteiger partial charge in [0, 0.05) is 17.8 Å². The highest BCUT2D eigenvalue weighted by Gasteiger charge is 2.16. The van der Waals surface area contributed by atoms with Gasteiger partial charge in [-0.25, -0.2) is 14.8 Å². The monoisotopic (exact) mass is 437 g/mol. The van der Waals surface area contributed by atoms with Crippen LogP contribution >= 0.6 is 0 Å². The van der Waals surface area contributed by atoms with Gasteiger partial charge in [0.15, 0.2) is 5.65 Å². The number of ether oxygens (including phenoxy) is 3. The third-order valence-electron chi connectivity index (χ3n) is 5.58. The van der Waals surface area contributed by atoms with E-state index in [1.807, 2.05) is 32.0 Å². The van der Waals surface area contributed by atoms with E-state index in [2.05, 4.69) is 15.0 Å². The van der Waals surface area contributed by atoms with Crippen LogP contribution in [0.25, 0.3) is 22.6 Å². The van der Waals surface area contributed by atoms with Crippen molar-refractivity contribution in [2.24, 2.45) is 5.92 Å². The summed E-state index contributed by atoms with van der Waals surface area (Å²) in [6.45, 7) is 6.80. The molecule has 3 aromatic rings. The summed E-state index contributed by atoms with van der Waals surface area (Å²) in [6.07, 6.45) is 7.89. The van der Waals surface area contributed by atoms with Crippen molar-refractivity contribution in [2.75, 3.05) is 13.2 Å². The van der Waals surface area contributed by atoms with Crippen LogP contribution in [0.3, 0.4) is 0 Å². The van der Waals surface area contributed by atoms with Gasteiger partial charge in [0.2, 0.25) is 0 Å². The SMILES string of the molecule is CCOC(=O)c1cnc2nc(-c3cc(OCC4CCCCC4)cc(OC(C)C)c3)[nH]c2c1. The van der Waals surface area contributed by atoms with Crippen molar-refractivity contribution in [1.29, 1.82) is 0 Å². The largest absolute Gasteiger partial charge is 0.493 e. The maximum Gasteiger partial charge on any atom is 0.339 e. The summed E-state index contributed by atoms with van der Waals surface area (Å²) in [5, 5.41) is 0. The van der Waals surface area contributed by atoms with Gasteiger partial charge in [-0.05, 0) is 57.7 Å². The number of aromatic nitrogens is 3. The van der Waals surface area contributed by atoms with Crippen molar-refractivity contribution >= 4 is 17.1 Å². The summed E-state index contributed by atoms with van der Waals surface area (Å²) >= 11 is 0. The minimum atomic E-state index is -0.399. The smallest absolute Gasteiger partial charge is 0.339 e. The zero-order valence-electron chi connectivity index (χ0n) is 19.0. The third-order valence-corrected chi connectivity index (χ3v) is 5.58. The number of aromatic amines is 1. The lowest BCUT2D eigenvalue weighted by molar-refractivity contribution is 0.0526. The normalized spacial score (nSPS) is 14.6. The van der Waals surface area contributed by atoms with Gasteiger partial charge < -0.3 is 19.2 Å². The van der Waals surface area contributed by atoms with Gasteiger partial charge in [0.1, 0.15) is 17.3 Å². The number of hydrogen-bond acceptors (Lipinski definition) is 6. The van der Waals surface area contributed by atoms with E-state index >= 15 is 0 Å². The fourth-order valence-electron chi connectivity index (χ4n) is 4.06. The van der Waals surface area contributed by atoms with Gasteiger partial charge in [-0.1, -0.05) is 19.3 Å². The van der Waals surface area contributed by atoms with Gasteiger partial charge in [0.05, 0.1) is 30.4 Å². The predicted molar refractivity (Wildman–Crippen MR) is 123 cm³/mol. The summed E-state index contributed by atoms with van der Waals surface area (Å²) < 4.78 is 17.2. The Labute approximate surface area is 188 Å². The van der Waals surface area contributed by atoms with Crippen LogP contribution in [0.15, 0.2) is 30.5 Å². The van der Waals surface area contributed by atoms with Crippen molar-refractivity contribution in [1.82, 2.24) is 15.0 Å². The number of hydrogen-bond donors (Lipinski definition) is 1. The molecule has 0 amide bonds. The van der Waals surface area contributed by atoms with Crippen LogP contribution in [0.2, 0.25) is 0 Å². The molecule has 0 bridgehead atoms. The minimum Gasteiger partial charge on any atom is -0.493 e. The molecule has 2 heterocycles. The first kappa shape index (κ1) is 22.1. The van der Waals surface area contributed by atoms with Crippen LogP contribution < -0.4 is 9.47 Å². The molecule has 1 aliphatic carbocycles. The molecule has 1 saturated carbocycles. The average molecular weight is 438 g/mol. The molecule has 4 rings (SSSR count). The van der Waals surface area contributed by atoms with Crippen LogP contribution in [-0.2, 0) is 4.74 Å². The number of esters is 1. The summed E-state index contributed by atoms with van der Waals surface area (Å²) in [7, 11) is 0. The first-order valence-electron chi connectivity index (χ1n) is 11.5. The molecule has 0 spiro atoms. The van der Waals surface area contributed by atoms with Crippen molar-refractivity contribution in [3.05, 3.63) is 36.0 Å². The van der Waals surface area contributed by atoms with Crippen molar-refractivity contribution in [3.8, 4) is 22.9 Å². The Kier molecular flexibility index (Phi) is 6.93. The Balaban J connectivity index is 1.61. The lowest BCUT2D eigenvalue weighted by Gasteiger charge is -2.22. The molecule has 170 valence electrons. The Morgan fingerprint density at radius 2 is 1.91 bits per heavy atom. The van der Waals surface area contributed by atoms with E-state index in [0.29, 0.717) is 35.1 Å². The molecule has 1 aliphatic rings. The van der Waals surface area contributed by atoms with E-state index in [1.54, 1.807) is 13.0 Å². The highest BCUT2D eigenvalue weighted by Crippen LogP contribution is 2.31. The van der Waals surface area contributed by atoms with Gasteiger partial charge >= 0.3 is 5.97 Å². The molecule has 2 aromatic heterocycles. The molecule has 1 fully saturated rings. The summed E-state index contributed by atoms with van der Waals surface area (Å²) in [4.78, 5) is 24.2. The molecular weight excluding hydrogens is 406 g/mol. The fourth-order valence-corrected chi connectivity index (χ4v) is 4.06. The lowest BCUT2D eigenvalue weighted by atomic mass is 9.90. The lowest BCUT2D eigenvalue weighted by Crippen LogP contribution is -2.15. The maximum absolute atomic E-state index is 12.0. The number of carbonyl (C=O) groups is 1. The Hall–Kier alpha value is -3.09. The van der Waals surface area contributed by atoms with Crippen LogP contribution in [0.1, 0.15) is 63.2 Å². The highest BCUT2D eigenvalue weighted by atomic mass is 16.5. The fraction of sp³-hybridized carbons (Fsp3) is 0.480. The number of rotatable bonds is 8. The average Bonchev–Trinajstić information content (AvgIpc) is 3.21. The summed E-state index contributed by atoms with van der Waals surface area (Å²) in [5.74, 6) is 2.36. The minimum absolute atomic E-state index is 0.0425. The molecule has 0 saturated heterocycles. The Bertz CT molecular complexity index is 1070. The molecule has 32 heavy (non-hydrogen) atoms. The first-order valence-corrected chi connectivity index (χ1v) is 11.5. The second-order valence-corrected chi connectivity index (χ2v) is 8.58. The molecule has 1 aromatic carbocycles. The summed E-state index contributed by atoms with van der Waals surface area (Å²) in [6, 6.07) is 7.56. The van der Waals surface area contributed by atoms with E-state index in [1.165, 1.54) is 38.3 Å². The third kappa shape index (κ3) is 5.39. The molecule has 0 unspecified atom stereocenters. The van der Waals surface area contributed by atoms with Gasteiger partial charge in [0.25, 0.3) is 0 Å². The van der Waals surface area contributed by atoms with E-state index < -0.39 is 5.97 Å². The van der Waals surface area contributed by atoms with E-state index in [4.69, 9.17) is 14.2 Å². The maximum atomic E-state index is 12.0. The van der Waals surface area contributed by atoms with E-state index in [-0.39, 0.29) is 6.10 Å². The molecule has 0 radical (unpaired) electrons. The molecular formula is C25H31N3O4. The number of carbonyl (C=O) groups excluding carboxylic acids is 1. The molecule has 1 N–H and O–H groups in total. The molecule has 7 heteroatoms. The number of benzene rings is 1. The van der Waals surface area contributed by atoms with Crippen LogP contribution in [0.5, 0.6) is 11.5 Å². The van der Waals surface area contributed by atoms with Crippen molar-refractivity contribution in [3.63, 3.8) is 0 Å². The second kappa shape index (κ2) is 10.0. The zero-order valence-corrected chi connectivity index (χ0v) is 19.0. The quantitative estimate of drug-likeness (QED) is 0.465. The van der Waals surface area contributed by atoms with Crippen LogP contribution in [0.4, 0.5) is 0 Å². The van der Waals surface area contributed by atoms with Gasteiger partial charge in [-0.15, -0.1) is 0 Å². The molecule has 7 nitrogen and oxygen atoms in total. The van der Waals surface area contributed by atoms with E-state index in [9.17, 15) is 4.79 Å². The Morgan fingerprint density at radius 3 is 2.66 bits per heavy atom. The number of H-pyrrole nitrogens is 1. The molecule has 0 atom stereocenters. The van der Waals surface area contributed by atoms with Crippen molar-refractivity contribution < 1.29 is 19.0 Å². The number of imidazole rings is 1. The predicted octanol–water partition coefficient (Wildman–Crippen LogP) is 5.55. The number of fused-ring (bicyclic) bond motifs is 1. The number of pyridine rings is 1. The Morgan fingerprint density at radius 1 is 1.12 bits per heavy atom. The van der Waals surface area contributed by atoms with Crippen molar-refractivity contribution in [2.45, 2.75) is 59.0 Å². The zero-order chi connectivity index (χ0) is 22.5. The van der Waals surface area contributed by atoms with Crippen LogP contribution in [-0.4, -0.2) is 40.2 Å². The second-order valence-electron chi connectivity index (χ2n) is 8.58. The van der Waals surface area contributed by atoms with Gasteiger partial charge in [-0.3, -0.25) is 0 Å². The summed E-state index contributed by atoms with van der Waals surface area (Å²) in [5.41, 5.74) is 2.44. The van der Waals surface area contributed by atoms with Gasteiger partial charge in [-0.2, -0.15) is 0 Å².